The molecule has 0 aromatic carbocycles. The van der Waals surface area contributed by atoms with E-state index in [-0.39, 0.29) is 11.9 Å². The van der Waals surface area contributed by atoms with Gasteiger partial charge in [0.1, 0.15) is 30.5 Å². The summed E-state index contributed by atoms with van der Waals surface area (Å²) in [5, 5.41) is 56.2. The van der Waals surface area contributed by atoms with E-state index in [0.29, 0.717) is 0 Å². The van der Waals surface area contributed by atoms with Gasteiger partial charge in [0.05, 0.1) is 19.8 Å². The minimum atomic E-state index is -1.66. The van der Waals surface area contributed by atoms with Gasteiger partial charge in [0, 0.05) is 0 Å². The first-order chi connectivity index (χ1) is 9.99. The van der Waals surface area contributed by atoms with Crippen LogP contribution in [-0.2, 0) is 19.0 Å². The molecule has 1 aliphatic rings. The maximum Gasteiger partial charge on any atom is 0.293 e. The summed E-state index contributed by atoms with van der Waals surface area (Å²) in [4.78, 5) is 10.3. The number of hydrogen-bond donors (Lipinski definition) is 6. The van der Waals surface area contributed by atoms with E-state index in [1.165, 1.54) is 0 Å². The molecule has 1 saturated heterocycles. The highest BCUT2D eigenvalue weighted by Crippen LogP contribution is 2.23. The van der Waals surface area contributed by atoms with Crippen LogP contribution in [0.15, 0.2) is 0 Å². The summed E-state index contributed by atoms with van der Waals surface area (Å²) in [6, 6.07) is 0. The Morgan fingerprint density at radius 3 is 2.05 bits per heavy atom. The molecule has 7 atom stereocenters. The van der Waals surface area contributed by atoms with Gasteiger partial charge in [0.15, 0.2) is 12.4 Å². The third kappa shape index (κ3) is 4.81. The van der Waals surface area contributed by atoms with Gasteiger partial charge in [-0.2, -0.15) is 0 Å². The molecule has 1 heterocycles. The summed E-state index contributed by atoms with van der Waals surface area (Å²) >= 11 is 0. The van der Waals surface area contributed by atoms with E-state index in [2.05, 4.69) is 4.74 Å². The molecule has 0 aromatic rings. The van der Waals surface area contributed by atoms with Crippen molar-refractivity contribution in [3.8, 4) is 0 Å². The Bertz CT molecular complexity index is 312. The maximum absolute atomic E-state index is 10.3. The van der Waals surface area contributed by atoms with E-state index in [4.69, 9.17) is 19.7 Å². The van der Waals surface area contributed by atoms with Crippen molar-refractivity contribution >= 4 is 6.47 Å². The molecule has 22 heavy (non-hydrogen) atoms. The molecule has 0 saturated carbocycles. The van der Waals surface area contributed by atoms with Gasteiger partial charge in [-0.15, -0.1) is 0 Å². The smallest absolute Gasteiger partial charge is 0.293 e. The van der Waals surface area contributed by atoms with Crippen molar-refractivity contribution in [1.29, 1.82) is 0 Å². The van der Waals surface area contributed by atoms with E-state index in [1.54, 1.807) is 0 Å². The molecule has 11 heteroatoms. The molecule has 0 bridgehead atoms. The van der Waals surface area contributed by atoms with Crippen LogP contribution in [-0.4, -0.2) is 105 Å². The van der Waals surface area contributed by atoms with Crippen molar-refractivity contribution in [2.24, 2.45) is 0 Å². The molecule has 1 rings (SSSR count). The number of aliphatic hydroxyl groups is 6. The Hall–Kier alpha value is -0.890. The highest BCUT2D eigenvalue weighted by Gasteiger charge is 2.45. The quantitative estimate of drug-likeness (QED) is 0.234. The van der Waals surface area contributed by atoms with Gasteiger partial charge in [-0.3, -0.25) is 4.79 Å². The lowest BCUT2D eigenvalue weighted by Crippen LogP contribution is -2.60. The van der Waals surface area contributed by atoms with Crippen LogP contribution in [0.5, 0.6) is 0 Å². The fourth-order valence-electron chi connectivity index (χ4n) is 1.92. The van der Waals surface area contributed by atoms with Crippen LogP contribution in [0.25, 0.3) is 0 Å². The lowest BCUT2D eigenvalue weighted by atomic mass is 9.99. The Balaban J connectivity index is 0.00000441. The third-order valence-electron chi connectivity index (χ3n) is 3.16. The average Bonchev–Trinajstić information content (AvgIpc) is 2.50. The Kier molecular flexibility index (Phi) is 9.59. The number of hydrogen-bond acceptors (Lipinski definition) is 10. The molecule has 1 fully saturated rings. The van der Waals surface area contributed by atoms with Crippen molar-refractivity contribution in [3.05, 3.63) is 0 Å². The molecule has 0 spiro atoms. The molecular weight excluding hydrogens is 308 g/mol. The normalized spacial score (nSPS) is 34.4. The monoisotopic (exact) mass is 330 g/mol. The topological polar surface area (TPSA) is 198 Å². The van der Waals surface area contributed by atoms with Crippen LogP contribution in [0.4, 0.5) is 0 Å². The van der Waals surface area contributed by atoms with Crippen LogP contribution in [0.3, 0.4) is 0 Å². The summed E-state index contributed by atoms with van der Waals surface area (Å²) in [6.45, 7) is -1.90. The molecule has 0 unspecified atom stereocenters. The highest BCUT2D eigenvalue weighted by molar-refractivity contribution is 5.37. The number of ether oxygens (including phenoxy) is 3. The van der Waals surface area contributed by atoms with Crippen molar-refractivity contribution in [2.75, 3.05) is 19.8 Å². The maximum atomic E-state index is 10.3. The number of carbonyl (C=O) groups excluding carboxylic acids is 1. The summed E-state index contributed by atoms with van der Waals surface area (Å²) in [5.41, 5.74) is 0. The van der Waals surface area contributed by atoms with Crippen LogP contribution < -0.4 is 0 Å². The second kappa shape index (κ2) is 9.99. The minimum absolute atomic E-state index is 0. The summed E-state index contributed by atoms with van der Waals surface area (Å²) < 4.78 is 14.7. The van der Waals surface area contributed by atoms with E-state index in [1.807, 2.05) is 0 Å². The first-order valence-corrected chi connectivity index (χ1v) is 6.26. The standard InChI is InChI=1S/C11H20O10.H2O/c12-1-5(19-4-15)6(2-13)20-11-10(18)9(17)8(16)7(3-14)21-11;/h4-14,16-18H,1-3H2;1H2/t5-,6+,7-,8-,9+,10-,11+;/m1./s1. The van der Waals surface area contributed by atoms with Crippen LogP contribution in [0, 0.1) is 0 Å². The Morgan fingerprint density at radius 2 is 1.59 bits per heavy atom. The van der Waals surface area contributed by atoms with Gasteiger partial charge in [-0.25, -0.2) is 0 Å². The third-order valence-corrected chi connectivity index (χ3v) is 3.16. The van der Waals surface area contributed by atoms with Gasteiger partial charge in [0.2, 0.25) is 0 Å². The fourth-order valence-corrected chi connectivity index (χ4v) is 1.92. The van der Waals surface area contributed by atoms with E-state index < -0.39 is 62.7 Å². The number of rotatable bonds is 8. The Labute approximate surface area is 125 Å². The van der Waals surface area contributed by atoms with Gasteiger partial charge >= 0.3 is 0 Å². The Morgan fingerprint density at radius 1 is 1.00 bits per heavy atom. The summed E-state index contributed by atoms with van der Waals surface area (Å²) in [6.07, 6.45) is -9.96. The van der Waals surface area contributed by atoms with Crippen LogP contribution >= 0.6 is 0 Å². The van der Waals surface area contributed by atoms with Crippen molar-refractivity contribution < 1.29 is 55.1 Å². The lowest BCUT2D eigenvalue weighted by molar-refractivity contribution is -0.319. The zero-order valence-electron chi connectivity index (χ0n) is 11.6. The van der Waals surface area contributed by atoms with Crippen LogP contribution in [0.1, 0.15) is 0 Å². The van der Waals surface area contributed by atoms with Crippen molar-refractivity contribution in [2.45, 2.75) is 42.9 Å². The molecule has 1 aliphatic heterocycles. The van der Waals surface area contributed by atoms with Gasteiger partial charge in [-0.05, 0) is 0 Å². The average molecular weight is 330 g/mol. The number of aliphatic hydroxyl groups excluding tert-OH is 6. The van der Waals surface area contributed by atoms with Crippen LogP contribution in [0.2, 0.25) is 0 Å². The first-order valence-electron chi connectivity index (χ1n) is 6.26. The first kappa shape index (κ1) is 21.1. The number of carbonyl (C=O) groups is 1. The zero-order valence-corrected chi connectivity index (χ0v) is 11.6. The highest BCUT2D eigenvalue weighted by atomic mass is 16.7. The summed E-state index contributed by atoms with van der Waals surface area (Å²) in [5.74, 6) is 0. The summed E-state index contributed by atoms with van der Waals surface area (Å²) in [7, 11) is 0. The molecular formula is C11H22O11. The van der Waals surface area contributed by atoms with Gasteiger partial charge in [0.25, 0.3) is 6.47 Å². The zero-order chi connectivity index (χ0) is 16.0. The van der Waals surface area contributed by atoms with E-state index in [0.717, 1.165) is 0 Å². The van der Waals surface area contributed by atoms with Gasteiger partial charge < -0.3 is 50.3 Å². The predicted octanol–water partition coefficient (Wildman–Crippen LogP) is -5.13. The molecule has 132 valence electrons. The SMILES string of the molecule is O.O=CO[C@H](CO)[C@H](CO)O[C@H]1O[C@H](CO)[C@@H](O)[C@H](O)[C@H]1O. The molecule has 0 radical (unpaired) electrons. The minimum Gasteiger partial charge on any atom is -0.459 e. The molecule has 0 amide bonds. The molecule has 11 nitrogen and oxygen atoms in total. The second-order valence-electron chi connectivity index (χ2n) is 4.51. The molecule has 8 N–H and O–H groups in total. The van der Waals surface area contributed by atoms with E-state index >= 15 is 0 Å². The lowest BCUT2D eigenvalue weighted by Gasteiger charge is -2.41. The second-order valence-corrected chi connectivity index (χ2v) is 4.51. The van der Waals surface area contributed by atoms with Crippen molar-refractivity contribution in [3.63, 3.8) is 0 Å². The van der Waals surface area contributed by atoms with Gasteiger partial charge in [-0.1, -0.05) is 0 Å². The molecule has 0 aliphatic carbocycles. The van der Waals surface area contributed by atoms with E-state index in [9.17, 15) is 25.2 Å². The van der Waals surface area contributed by atoms with Crippen molar-refractivity contribution in [1.82, 2.24) is 0 Å². The predicted molar refractivity (Wildman–Crippen MR) is 67.4 cm³/mol. The fraction of sp³-hybridized carbons (Fsp3) is 0.909. The molecule has 0 aromatic heterocycles. The largest absolute Gasteiger partial charge is 0.459 e.